The van der Waals surface area contributed by atoms with Crippen molar-refractivity contribution in [1.29, 1.82) is 0 Å². The second-order valence-corrected chi connectivity index (χ2v) is 3.56. The highest BCUT2D eigenvalue weighted by atomic mass is 16.3. The Labute approximate surface area is 61.8 Å². The first-order chi connectivity index (χ1) is 4.84. The van der Waals surface area contributed by atoms with E-state index in [1.807, 2.05) is 0 Å². The van der Waals surface area contributed by atoms with Gasteiger partial charge in [0.2, 0.25) is 0 Å². The van der Waals surface area contributed by atoms with Crippen molar-refractivity contribution in [3.63, 3.8) is 0 Å². The van der Waals surface area contributed by atoms with E-state index in [0.717, 1.165) is 11.8 Å². The third-order valence-electron chi connectivity index (χ3n) is 3.11. The monoisotopic (exact) mass is 138 g/mol. The molecule has 0 spiro atoms. The number of hydrogen-bond donors (Lipinski definition) is 1. The number of rotatable bonds is 2. The van der Waals surface area contributed by atoms with Crippen molar-refractivity contribution in [2.45, 2.75) is 25.4 Å². The van der Waals surface area contributed by atoms with Crippen LogP contribution in [0.25, 0.3) is 0 Å². The molecule has 0 aromatic rings. The zero-order chi connectivity index (χ0) is 7.14. The van der Waals surface area contributed by atoms with E-state index in [2.05, 4.69) is 6.58 Å². The fourth-order valence-corrected chi connectivity index (χ4v) is 2.54. The molecule has 1 heteroatoms. The largest absolute Gasteiger partial charge is 0.389 e. The van der Waals surface area contributed by atoms with Crippen LogP contribution in [0.2, 0.25) is 0 Å². The molecular weight excluding hydrogens is 124 g/mol. The number of fused-ring (bicyclic) bond motifs is 1. The minimum absolute atomic E-state index is 0.213. The predicted molar refractivity (Wildman–Crippen MR) is 40.5 cm³/mol. The summed E-state index contributed by atoms with van der Waals surface area (Å²) in [5.41, 5.74) is 0. The SMILES string of the molecule is C=CC(O)C1C2CCCC21. The average molecular weight is 138 g/mol. The Balaban J connectivity index is 1.94. The van der Waals surface area contributed by atoms with E-state index < -0.39 is 0 Å². The van der Waals surface area contributed by atoms with Gasteiger partial charge in [-0.2, -0.15) is 0 Å². The van der Waals surface area contributed by atoms with Crippen molar-refractivity contribution in [2.75, 3.05) is 0 Å². The molecule has 0 aromatic heterocycles. The van der Waals surface area contributed by atoms with Crippen LogP contribution < -0.4 is 0 Å². The molecule has 2 saturated carbocycles. The molecule has 3 atom stereocenters. The molecule has 1 nitrogen and oxygen atoms in total. The van der Waals surface area contributed by atoms with Crippen LogP contribution in [-0.4, -0.2) is 11.2 Å². The van der Waals surface area contributed by atoms with Crippen molar-refractivity contribution in [3.8, 4) is 0 Å². The molecular formula is C9H14O. The molecule has 0 saturated heterocycles. The van der Waals surface area contributed by atoms with Gasteiger partial charge in [-0.05, 0) is 30.6 Å². The Bertz CT molecular complexity index is 143. The zero-order valence-electron chi connectivity index (χ0n) is 6.16. The Kier molecular flexibility index (Phi) is 1.34. The molecule has 2 fully saturated rings. The van der Waals surface area contributed by atoms with Gasteiger partial charge in [0.05, 0.1) is 6.10 Å². The maximum atomic E-state index is 9.39. The van der Waals surface area contributed by atoms with Crippen LogP contribution >= 0.6 is 0 Å². The summed E-state index contributed by atoms with van der Waals surface area (Å²) < 4.78 is 0. The highest BCUT2D eigenvalue weighted by molar-refractivity contribution is 5.07. The first-order valence-corrected chi connectivity index (χ1v) is 4.15. The lowest BCUT2D eigenvalue weighted by molar-refractivity contribution is 0.182. The van der Waals surface area contributed by atoms with E-state index in [1.54, 1.807) is 6.08 Å². The Hall–Kier alpha value is -0.300. The maximum absolute atomic E-state index is 9.39. The van der Waals surface area contributed by atoms with Crippen LogP contribution in [0.4, 0.5) is 0 Å². The average Bonchev–Trinajstić information content (AvgIpc) is 2.43. The van der Waals surface area contributed by atoms with Crippen LogP contribution in [0.15, 0.2) is 12.7 Å². The minimum atomic E-state index is -0.213. The van der Waals surface area contributed by atoms with Crippen molar-refractivity contribution in [3.05, 3.63) is 12.7 Å². The lowest BCUT2D eigenvalue weighted by Gasteiger charge is -2.05. The van der Waals surface area contributed by atoms with Crippen LogP contribution in [0.3, 0.4) is 0 Å². The van der Waals surface area contributed by atoms with Gasteiger partial charge in [-0.3, -0.25) is 0 Å². The molecule has 2 rings (SSSR count). The van der Waals surface area contributed by atoms with E-state index in [-0.39, 0.29) is 6.10 Å². The van der Waals surface area contributed by atoms with E-state index in [4.69, 9.17) is 0 Å². The summed E-state index contributed by atoms with van der Waals surface area (Å²) in [6.07, 6.45) is 5.55. The van der Waals surface area contributed by atoms with Crippen molar-refractivity contribution in [1.82, 2.24) is 0 Å². The quantitative estimate of drug-likeness (QED) is 0.574. The molecule has 56 valence electrons. The van der Waals surface area contributed by atoms with Crippen molar-refractivity contribution >= 4 is 0 Å². The molecule has 3 unspecified atom stereocenters. The molecule has 2 aliphatic carbocycles. The van der Waals surface area contributed by atoms with Crippen LogP contribution in [0, 0.1) is 17.8 Å². The standard InChI is InChI=1S/C9H14O/c1-2-8(10)9-6-4-3-5-7(6)9/h2,6-10H,1,3-5H2. The molecule has 0 radical (unpaired) electrons. The number of hydrogen-bond acceptors (Lipinski definition) is 1. The van der Waals surface area contributed by atoms with Crippen LogP contribution in [0.5, 0.6) is 0 Å². The summed E-state index contributed by atoms with van der Waals surface area (Å²) in [7, 11) is 0. The molecule has 0 heterocycles. The summed E-state index contributed by atoms with van der Waals surface area (Å²) >= 11 is 0. The van der Waals surface area contributed by atoms with Gasteiger partial charge in [-0.25, -0.2) is 0 Å². The van der Waals surface area contributed by atoms with Gasteiger partial charge < -0.3 is 5.11 Å². The van der Waals surface area contributed by atoms with Gasteiger partial charge in [0.15, 0.2) is 0 Å². The smallest absolute Gasteiger partial charge is 0.0751 e. The number of aliphatic hydroxyl groups is 1. The van der Waals surface area contributed by atoms with E-state index in [1.165, 1.54) is 19.3 Å². The van der Waals surface area contributed by atoms with E-state index in [0.29, 0.717) is 5.92 Å². The molecule has 10 heavy (non-hydrogen) atoms. The van der Waals surface area contributed by atoms with Gasteiger partial charge in [-0.1, -0.05) is 12.5 Å². The third kappa shape index (κ3) is 0.734. The van der Waals surface area contributed by atoms with Gasteiger partial charge in [0.1, 0.15) is 0 Å². The van der Waals surface area contributed by atoms with E-state index >= 15 is 0 Å². The summed E-state index contributed by atoms with van der Waals surface area (Å²) in [5, 5.41) is 9.39. The summed E-state index contributed by atoms with van der Waals surface area (Å²) in [6.45, 7) is 3.60. The lowest BCUT2D eigenvalue weighted by Crippen LogP contribution is -2.08. The molecule has 0 aliphatic heterocycles. The summed E-state index contributed by atoms with van der Waals surface area (Å²) in [4.78, 5) is 0. The highest BCUT2D eigenvalue weighted by Gasteiger charge is 2.54. The Morgan fingerprint density at radius 2 is 2.00 bits per heavy atom. The van der Waals surface area contributed by atoms with Gasteiger partial charge in [0, 0.05) is 0 Å². The second kappa shape index (κ2) is 2.09. The molecule has 0 amide bonds. The molecule has 2 aliphatic rings. The summed E-state index contributed by atoms with van der Waals surface area (Å²) in [6, 6.07) is 0. The van der Waals surface area contributed by atoms with Crippen LogP contribution in [-0.2, 0) is 0 Å². The van der Waals surface area contributed by atoms with Gasteiger partial charge in [-0.15, -0.1) is 6.58 Å². The van der Waals surface area contributed by atoms with Crippen molar-refractivity contribution in [2.24, 2.45) is 17.8 Å². The fourth-order valence-electron chi connectivity index (χ4n) is 2.54. The first-order valence-electron chi connectivity index (χ1n) is 4.15. The predicted octanol–water partition coefficient (Wildman–Crippen LogP) is 1.58. The van der Waals surface area contributed by atoms with Gasteiger partial charge in [0.25, 0.3) is 0 Å². The second-order valence-electron chi connectivity index (χ2n) is 3.56. The molecule has 0 aromatic carbocycles. The molecule has 1 N–H and O–H groups in total. The first kappa shape index (κ1) is 6.41. The lowest BCUT2D eigenvalue weighted by atomic mass is 10.1. The topological polar surface area (TPSA) is 20.2 Å². The third-order valence-corrected chi connectivity index (χ3v) is 3.11. The Morgan fingerprint density at radius 3 is 2.50 bits per heavy atom. The van der Waals surface area contributed by atoms with Crippen LogP contribution in [0.1, 0.15) is 19.3 Å². The minimum Gasteiger partial charge on any atom is -0.389 e. The maximum Gasteiger partial charge on any atom is 0.0751 e. The van der Waals surface area contributed by atoms with Crippen molar-refractivity contribution < 1.29 is 5.11 Å². The van der Waals surface area contributed by atoms with Gasteiger partial charge >= 0.3 is 0 Å². The Morgan fingerprint density at radius 1 is 1.40 bits per heavy atom. The molecule has 0 bridgehead atoms. The number of aliphatic hydroxyl groups excluding tert-OH is 1. The normalized spacial score (nSPS) is 46.3. The highest BCUT2D eigenvalue weighted by Crippen LogP contribution is 2.59. The van der Waals surface area contributed by atoms with E-state index in [9.17, 15) is 5.11 Å². The zero-order valence-corrected chi connectivity index (χ0v) is 6.16. The summed E-state index contributed by atoms with van der Waals surface area (Å²) in [5.74, 6) is 2.30. The fraction of sp³-hybridized carbons (Fsp3) is 0.778.